The van der Waals surface area contributed by atoms with Crippen LogP contribution in [0.3, 0.4) is 0 Å². The van der Waals surface area contributed by atoms with E-state index in [4.69, 9.17) is 34.4 Å². The summed E-state index contributed by atoms with van der Waals surface area (Å²) in [6, 6.07) is 13.0. The second-order valence-corrected chi connectivity index (χ2v) is 20.4. The van der Waals surface area contributed by atoms with E-state index in [1.54, 1.807) is 90.1 Å². The van der Waals surface area contributed by atoms with Gasteiger partial charge in [0.15, 0.2) is 5.78 Å². The number of primary amides is 1. The van der Waals surface area contributed by atoms with Gasteiger partial charge in [-0.15, -0.1) is 0 Å². The molecule has 2 aromatic carbocycles. The number of esters is 1. The Kier molecular flexibility index (Phi) is 17.6. The van der Waals surface area contributed by atoms with Crippen LogP contribution in [0.2, 0.25) is 0 Å². The van der Waals surface area contributed by atoms with Gasteiger partial charge in [-0.05, 0) is 107 Å². The molecule has 5 heterocycles. The molecule has 0 bridgehead atoms. The highest BCUT2D eigenvalue weighted by Crippen LogP contribution is 2.41. The molecule has 5 N–H and O–H groups in total. The molecule has 408 valence electrons. The maximum absolute atomic E-state index is 14.1. The Morgan fingerprint density at radius 1 is 0.896 bits per heavy atom. The topological polar surface area (TPSA) is 300 Å². The molecule has 3 aliphatic rings. The van der Waals surface area contributed by atoms with Gasteiger partial charge in [-0.1, -0.05) is 39.3 Å². The van der Waals surface area contributed by atoms with Gasteiger partial charge >= 0.3 is 24.3 Å². The van der Waals surface area contributed by atoms with Gasteiger partial charge in [0, 0.05) is 66.2 Å². The minimum Gasteiger partial charge on any atom is -0.457 e. The molecular formula is C55H63N7O15. The fourth-order valence-corrected chi connectivity index (χ4v) is 9.30. The lowest BCUT2D eigenvalue weighted by atomic mass is 9.85. The summed E-state index contributed by atoms with van der Waals surface area (Å²) in [5.41, 5.74) is 5.14. The number of amides is 6. The first-order valence-electron chi connectivity index (χ1n) is 25.5. The Morgan fingerprint density at radius 3 is 2.30 bits per heavy atom. The van der Waals surface area contributed by atoms with Crippen molar-refractivity contribution < 1.29 is 66.8 Å². The molecule has 77 heavy (non-hydrogen) atoms. The van der Waals surface area contributed by atoms with Gasteiger partial charge in [-0.2, -0.15) is 0 Å². The van der Waals surface area contributed by atoms with Crippen molar-refractivity contribution in [3.8, 4) is 17.1 Å². The van der Waals surface area contributed by atoms with E-state index in [1.807, 2.05) is 6.07 Å². The first kappa shape index (κ1) is 56.3. The maximum Gasteiger partial charge on any atom is 0.514 e. The zero-order valence-electron chi connectivity index (χ0n) is 43.8. The molecule has 0 saturated heterocycles. The lowest BCUT2D eigenvalue weighted by Gasteiger charge is -2.35. The zero-order chi connectivity index (χ0) is 55.8. The molecule has 22 heteroatoms. The molecule has 4 aromatic rings. The number of carbonyl (C=O) groups excluding carboxylic acids is 9. The Bertz CT molecular complexity index is 3070. The Hall–Kier alpha value is -8.43. The van der Waals surface area contributed by atoms with Crippen molar-refractivity contribution in [2.24, 2.45) is 17.6 Å². The molecule has 6 amide bonds. The summed E-state index contributed by atoms with van der Waals surface area (Å²) in [6.45, 7) is 10.2. The Morgan fingerprint density at radius 2 is 1.62 bits per heavy atom. The van der Waals surface area contributed by atoms with E-state index in [1.165, 1.54) is 16.7 Å². The molecule has 3 atom stereocenters. The van der Waals surface area contributed by atoms with Crippen molar-refractivity contribution in [3.05, 3.63) is 99.4 Å². The lowest BCUT2D eigenvalue weighted by Crippen LogP contribution is -2.47. The molecular weight excluding hydrogens is 999 g/mol. The number of aromatic nitrogens is 2. The number of unbranched alkanes of at least 4 members (excludes halogenated alkanes) is 2. The van der Waals surface area contributed by atoms with Crippen molar-refractivity contribution >= 4 is 70.3 Å². The predicted octanol–water partition coefficient (Wildman–Crippen LogP) is 6.34. The van der Waals surface area contributed by atoms with Crippen molar-refractivity contribution in [2.45, 2.75) is 130 Å². The van der Waals surface area contributed by atoms with Crippen LogP contribution < -0.4 is 32.0 Å². The highest BCUT2D eigenvalue weighted by atomic mass is 16.7. The summed E-state index contributed by atoms with van der Waals surface area (Å²) >= 11 is 0. The fourth-order valence-electron chi connectivity index (χ4n) is 9.30. The summed E-state index contributed by atoms with van der Waals surface area (Å²) in [4.78, 5) is 135. The number of hydrogen-bond donors (Lipinski definition) is 4. The van der Waals surface area contributed by atoms with Crippen molar-refractivity contribution in [1.29, 1.82) is 0 Å². The first-order valence-corrected chi connectivity index (χ1v) is 25.5. The number of nitrogens with zero attached hydrogens (tertiary/aromatic N) is 3. The van der Waals surface area contributed by atoms with Gasteiger partial charge < -0.3 is 49.9 Å². The van der Waals surface area contributed by atoms with Crippen LogP contribution in [0.25, 0.3) is 22.3 Å². The Balaban J connectivity index is 0.966. The molecule has 0 aliphatic carbocycles. The number of cyclic esters (lactones) is 1. The lowest BCUT2D eigenvalue weighted by molar-refractivity contribution is -0.175. The number of fused-ring (bicyclic) bond motifs is 5. The normalized spacial score (nSPS) is 16.2. The number of hydrogen-bond acceptors (Lipinski definition) is 16. The third-order valence-corrected chi connectivity index (χ3v) is 13.2. The van der Waals surface area contributed by atoms with Gasteiger partial charge in [0.25, 0.3) is 17.4 Å². The number of ether oxygens (including phenoxy) is 5. The number of benzene rings is 2. The summed E-state index contributed by atoms with van der Waals surface area (Å²) in [5, 5.41) is 8.74. The summed E-state index contributed by atoms with van der Waals surface area (Å²) < 4.78 is 28.9. The van der Waals surface area contributed by atoms with E-state index in [0.29, 0.717) is 64.8 Å². The van der Waals surface area contributed by atoms with E-state index in [2.05, 4.69) is 16.0 Å². The number of imide groups is 1. The van der Waals surface area contributed by atoms with E-state index in [9.17, 15) is 47.9 Å². The fraction of sp³-hybridized carbons (Fsp3) is 0.436. The smallest absolute Gasteiger partial charge is 0.457 e. The van der Waals surface area contributed by atoms with Crippen molar-refractivity contribution in [2.75, 3.05) is 18.4 Å². The van der Waals surface area contributed by atoms with Crippen molar-refractivity contribution in [1.82, 2.24) is 25.1 Å². The number of ketones is 1. The number of rotatable bonds is 22. The number of pyridine rings is 2. The molecule has 2 aromatic heterocycles. The second kappa shape index (κ2) is 24.1. The van der Waals surface area contributed by atoms with Crippen molar-refractivity contribution in [3.63, 3.8) is 0 Å². The number of urea groups is 1. The second-order valence-electron chi connectivity index (χ2n) is 20.4. The molecule has 3 aliphatic heterocycles. The highest BCUT2D eigenvalue weighted by Gasteiger charge is 2.51. The van der Waals surface area contributed by atoms with E-state index in [-0.39, 0.29) is 105 Å². The number of carbonyl (C=O) groups is 9. The van der Waals surface area contributed by atoms with Crippen LogP contribution in [0, 0.1) is 11.8 Å². The standard InChI is InChI=1S/C55H63N7O15/c1-7-55(39-27-41-47-35(28-62(41)49(68)38(39)30-73-50(55)69)24-34-25-37(18-19-40(34)59-47)75-53(72)76-54(4,5)6)77-52(71)74-29-32-14-16-36(17-15-32)58-48(67)33(12-11-22-57-51(56)70)26-42(63)46(31(2)3)60-43(64)13-9-8-10-23-61-44(65)20-21-45(61)66/h14-21,24-25,27,31,33,46H,7-13,22-23,26,28-30H2,1-6H3,(H,58,67)(H,60,64)(H3,56,57,70)/t33-,46+,55+/m1/s1. The summed E-state index contributed by atoms with van der Waals surface area (Å²) in [7, 11) is 0. The van der Waals surface area contributed by atoms with E-state index in [0.717, 1.165) is 4.90 Å². The number of Topliss-reactive ketones (excluding diaryl/α,β-unsaturated/α-hetero) is 1. The average molecular weight is 1060 g/mol. The average Bonchev–Trinajstić information content (AvgIpc) is 3.90. The van der Waals surface area contributed by atoms with Crippen LogP contribution in [0.15, 0.2) is 71.5 Å². The molecule has 0 fully saturated rings. The van der Waals surface area contributed by atoms with Gasteiger partial charge in [0.1, 0.15) is 24.6 Å². The minimum absolute atomic E-state index is 0.112. The van der Waals surface area contributed by atoms with Crippen LogP contribution in [0.5, 0.6) is 5.75 Å². The first-order chi connectivity index (χ1) is 36.5. The molecule has 7 rings (SSSR count). The summed E-state index contributed by atoms with van der Waals surface area (Å²) in [5.74, 6) is -3.77. The van der Waals surface area contributed by atoms with Gasteiger partial charge in [-0.3, -0.25) is 33.7 Å². The number of anilines is 1. The van der Waals surface area contributed by atoms with E-state index >= 15 is 0 Å². The monoisotopic (exact) mass is 1060 g/mol. The van der Waals surface area contributed by atoms with Crippen LogP contribution in [-0.2, 0) is 73.1 Å². The molecule has 22 nitrogen and oxygen atoms in total. The third kappa shape index (κ3) is 13.7. The third-order valence-electron chi connectivity index (χ3n) is 13.2. The molecule has 0 saturated carbocycles. The van der Waals surface area contributed by atoms with Crippen LogP contribution in [-0.4, -0.2) is 92.9 Å². The largest absolute Gasteiger partial charge is 0.514 e. The van der Waals surface area contributed by atoms with Gasteiger partial charge in [-0.25, -0.2) is 24.2 Å². The van der Waals surface area contributed by atoms with Gasteiger partial charge in [0.05, 0.1) is 35.1 Å². The summed E-state index contributed by atoms with van der Waals surface area (Å²) in [6.07, 6.45) is 2.18. The SMILES string of the molecule is CC[C@@]1(OC(=O)OCc2ccc(NC(=O)[C@H](CCCNC(N)=O)CC(=O)[C@@H](NC(=O)CCCCCN3C(=O)C=CC3=O)C(C)C)cc2)C(=O)OCc2c1cc1n(c2=O)Cc2cc3cc(OC(=O)OC(C)(C)C)ccc3nc2-1. The van der Waals surface area contributed by atoms with Crippen LogP contribution in [0.1, 0.15) is 115 Å². The predicted molar refractivity (Wildman–Crippen MR) is 277 cm³/mol. The molecule has 0 unspecified atom stereocenters. The minimum atomic E-state index is -2.05. The molecule has 0 radical (unpaired) electrons. The Labute approximate surface area is 443 Å². The number of nitrogens with two attached hydrogens (primary N) is 1. The number of nitrogens with one attached hydrogen (secondary N) is 3. The quantitative estimate of drug-likeness (QED) is 0.0193. The van der Waals surface area contributed by atoms with E-state index < -0.39 is 58.9 Å². The van der Waals surface area contributed by atoms with Gasteiger partial charge in [0.2, 0.25) is 17.4 Å². The highest BCUT2D eigenvalue weighted by molar-refractivity contribution is 6.12. The van der Waals surface area contributed by atoms with Crippen LogP contribution >= 0.6 is 0 Å². The van der Waals surface area contributed by atoms with Crippen LogP contribution in [0.4, 0.5) is 20.1 Å². The molecule has 0 spiro atoms. The maximum atomic E-state index is 14.1. The zero-order valence-corrected chi connectivity index (χ0v) is 43.8.